The molecular weight excluding hydrogens is 263 g/mol. The van der Waals surface area contributed by atoms with Gasteiger partial charge in [0.2, 0.25) is 5.91 Å². The molecule has 2 rings (SSSR count). The van der Waals surface area contributed by atoms with Gasteiger partial charge in [0.05, 0.1) is 25.3 Å². The zero-order valence-electron chi connectivity index (χ0n) is 11.5. The lowest BCUT2D eigenvalue weighted by Gasteiger charge is -2.19. The number of hydrogen-bond acceptors (Lipinski definition) is 4. The van der Waals surface area contributed by atoms with Crippen molar-refractivity contribution >= 4 is 5.91 Å². The van der Waals surface area contributed by atoms with Crippen molar-refractivity contribution in [3.63, 3.8) is 0 Å². The number of rotatable bonds is 4. The van der Waals surface area contributed by atoms with Crippen molar-refractivity contribution in [2.45, 2.75) is 31.5 Å². The summed E-state index contributed by atoms with van der Waals surface area (Å²) >= 11 is 0. The first kappa shape index (κ1) is 14.7. The van der Waals surface area contributed by atoms with Crippen LogP contribution in [-0.2, 0) is 4.79 Å². The summed E-state index contributed by atoms with van der Waals surface area (Å²) in [6, 6.07) is 3.40. The fraction of sp³-hybridized carbons (Fsp3) is 0.500. The lowest BCUT2D eigenvalue weighted by Crippen LogP contribution is -2.41. The molecule has 6 heteroatoms. The molecule has 0 radical (unpaired) electrons. The van der Waals surface area contributed by atoms with Crippen LogP contribution in [0.1, 0.15) is 24.9 Å². The summed E-state index contributed by atoms with van der Waals surface area (Å²) in [6.07, 6.45) is -0.108. The maximum Gasteiger partial charge on any atom is 0.237 e. The van der Waals surface area contributed by atoms with E-state index in [2.05, 4.69) is 10.6 Å². The van der Waals surface area contributed by atoms with Gasteiger partial charge in [0.1, 0.15) is 11.6 Å². The third-order valence-corrected chi connectivity index (χ3v) is 3.44. The molecule has 1 fully saturated rings. The Balaban J connectivity index is 2.06. The molecule has 0 unspecified atom stereocenters. The van der Waals surface area contributed by atoms with E-state index in [1.54, 1.807) is 6.92 Å². The highest BCUT2D eigenvalue weighted by atomic mass is 19.1. The average molecular weight is 282 g/mol. The zero-order chi connectivity index (χ0) is 14.7. The number of carbonyl (C=O) groups is 1. The predicted molar refractivity (Wildman–Crippen MR) is 71.9 cm³/mol. The molecule has 1 amide bonds. The number of nitrogens with one attached hydrogen (secondary N) is 2. The van der Waals surface area contributed by atoms with Crippen LogP contribution in [0.4, 0.5) is 4.39 Å². The Morgan fingerprint density at radius 2 is 2.35 bits per heavy atom. The summed E-state index contributed by atoms with van der Waals surface area (Å²) in [7, 11) is 1.50. The second-order valence-electron chi connectivity index (χ2n) is 4.97. The summed E-state index contributed by atoms with van der Waals surface area (Å²) in [5.41, 5.74) is 0.583. The molecule has 0 aromatic heterocycles. The van der Waals surface area contributed by atoms with Gasteiger partial charge in [-0.3, -0.25) is 4.79 Å². The lowest BCUT2D eigenvalue weighted by atomic mass is 10.1. The van der Waals surface area contributed by atoms with Crippen LogP contribution >= 0.6 is 0 Å². The maximum atomic E-state index is 13.3. The fourth-order valence-corrected chi connectivity index (χ4v) is 2.35. The number of methoxy groups -OCH3 is 1. The van der Waals surface area contributed by atoms with E-state index in [4.69, 9.17) is 4.74 Å². The number of carbonyl (C=O) groups excluding carboxylic acids is 1. The number of halogens is 1. The van der Waals surface area contributed by atoms with Crippen LogP contribution in [0.25, 0.3) is 0 Å². The third-order valence-electron chi connectivity index (χ3n) is 3.44. The quantitative estimate of drug-likeness (QED) is 0.761. The molecular formula is C14H19FN2O3. The fourth-order valence-electron chi connectivity index (χ4n) is 2.35. The Morgan fingerprint density at radius 3 is 2.95 bits per heavy atom. The largest absolute Gasteiger partial charge is 0.496 e. The minimum Gasteiger partial charge on any atom is -0.496 e. The molecule has 20 heavy (non-hydrogen) atoms. The Hall–Kier alpha value is -1.66. The number of β-amino-alcohol motifs (C(OH)–C–C–N with tert-alkyl or cyclic N) is 1. The van der Waals surface area contributed by atoms with E-state index in [-0.39, 0.29) is 17.8 Å². The minimum absolute atomic E-state index is 0.208. The molecule has 0 spiro atoms. The van der Waals surface area contributed by atoms with Crippen LogP contribution < -0.4 is 15.4 Å². The maximum absolute atomic E-state index is 13.3. The van der Waals surface area contributed by atoms with Crippen molar-refractivity contribution in [2.75, 3.05) is 13.7 Å². The van der Waals surface area contributed by atoms with Crippen molar-refractivity contribution in [2.24, 2.45) is 0 Å². The lowest BCUT2D eigenvalue weighted by molar-refractivity contribution is -0.123. The number of aliphatic hydroxyl groups excluding tert-OH is 1. The van der Waals surface area contributed by atoms with E-state index in [1.807, 2.05) is 0 Å². The van der Waals surface area contributed by atoms with Gasteiger partial charge in [-0.2, -0.15) is 0 Å². The molecule has 1 aromatic carbocycles. The van der Waals surface area contributed by atoms with Crippen molar-refractivity contribution in [3.05, 3.63) is 29.6 Å². The van der Waals surface area contributed by atoms with Crippen molar-refractivity contribution in [3.8, 4) is 5.75 Å². The second-order valence-corrected chi connectivity index (χ2v) is 4.97. The van der Waals surface area contributed by atoms with Crippen LogP contribution in [0, 0.1) is 5.82 Å². The van der Waals surface area contributed by atoms with Gasteiger partial charge in [-0.15, -0.1) is 0 Å². The molecule has 0 aliphatic carbocycles. The van der Waals surface area contributed by atoms with Crippen molar-refractivity contribution < 1.29 is 19.0 Å². The van der Waals surface area contributed by atoms with Gasteiger partial charge in [-0.1, -0.05) is 0 Å². The first-order valence-electron chi connectivity index (χ1n) is 6.56. The van der Waals surface area contributed by atoms with Gasteiger partial charge in [0, 0.05) is 12.1 Å². The summed E-state index contributed by atoms with van der Waals surface area (Å²) in [5, 5.41) is 15.1. The molecule has 0 bridgehead atoms. The van der Waals surface area contributed by atoms with Gasteiger partial charge in [0.15, 0.2) is 0 Å². The molecule has 5 nitrogen and oxygen atoms in total. The highest BCUT2D eigenvalue weighted by molar-refractivity contribution is 5.82. The number of ether oxygens (including phenoxy) is 1. The Labute approximate surface area is 117 Å². The molecule has 1 aliphatic rings. The Kier molecular flexibility index (Phi) is 4.57. The summed E-state index contributed by atoms with van der Waals surface area (Å²) in [5.74, 6) is -0.0599. The van der Waals surface area contributed by atoms with Crippen LogP contribution in [0.5, 0.6) is 5.75 Å². The topological polar surface area (TPSA) is 70.6 Å². The summed E-state index contributed by atoms with van der Waals surface area (Å²) in [6.45, 7) is 2.18. The Bertz CT molecular complexity index is 495. The van der Waals surface area contributed by atoms with Crippen molar-refractivity contribution in [1.82, 2.24) is 10.6 Å². The minimum atomic E-state index is -0.496. The first-order valence-corrected chi connectivity index (χ1v) is 6.56. The smallest absolute Gasteiger partial charge is 0.237 e. The van der Waals surface area contributed by atoms with E-state index >= 15 is 0 Å². The third kappa shape index (κ3) is 3.26. The van der Waals surface area contributed by atoms with Gasteiger partial charge >= 0.3 is 0 Å². The molecule has 110 valence electrons. The molecule has 0 saturated carbocycles. The zero-order valence-corrected chi connectivity index (χ0v) is 11.5. The SMILES string of the molecule is COc1ccc(F)cc1[C@H](C)NC(=O)[C@@H]1C[C@H](O)CN1. The molecule has 1 saturated heterocycles. The number of amides is 1. The highest BCUT2D eigenvalue weighted by Gasteiger charge is 2.29. The van der Waals surface area contributed by atoms with Gasteiger partial charge in [-0.25, -0.2) is 4.39 Å². The van der Waals surface area contributed by atoms with Gasteiger partial charge in [0.25, 0.3) is 0 Å². The van der Waals surface area contributed by atoms with Crippen LogP contribution in [0.3, 0.4) is 0 Å². The molecule has 3 N–H and O–H groups in total. The average Bonchev–Trinajstić information content (AvgIpc) is 2.85. The van der Waals surface area contributed by atoms with Gasteiger partial charge in [-0.05, 0) is 31.5 Å². The standard InChI is InChI=1S/C14H19FN2O3/c1-8(11-5-9(15)3-4-13(11)20-2)17-14(19)12-6-10(18)7-16-12/h3-5,8,10,12,16,18H,6-7H2,1-2H3,(H,17,19)/t8-,10-,12-/m0/s1. The monoisotopic (exact) mass is 282 g/mol. The predicted octanol–water partition coefficient (Wildman–Crippen LogP) is 0.734. The van der Waals surface area contributed by atoms with Crippen LogP contribution in [0.15, 0.2) is 18.2 Å². The summed E-state index contributed by atoms with van der Waals surface area (Å²) in [4.78, 5) is 12.0. The molecule has 1 aliphatic heterocycles. The second kappa shape index (κ2) is 6.19. The van der Waals surface area contributed by atoms with Crippen LogP contribution in [0.2, 0.25) is 0 Å². The van der Waals surface area contributed by atoms with Crippen LogP contribution in [-0.4, -0.2) is 36.8 Å². The molecule has 3 atom stereocenters. The normalized spacial score (nSPS) is 23.4. The molecule has 1 heterocycles. The number of hydrogen-bond donors (Lipinski definition) is 3. The van der Waals surface area contributed by atoms with Crippen molar-refractivity contribution in [1.29, 1.82) is 0 Å². The van der Waals surface area contributed by atoms with E-state index in [0.29, 0.717) is 24.3 Å². The number of benzene rings is 1. The summed E-state index contributed by atoms with van der Waals surface area (Å²) < 4.78 is 18.5. The molecule has 1 aromatic rings. The van der Waals surface area contributed by atoms with E-state index in [9.17, 15) is 14.3 Å². The number of aliphatic hydroxyl groups is 1. The first-order chi connectivity index (χ1) is 9.51. The van der Waals surface area contributed by atoms with E-state index < -0.39 is 12.1 Å². The van der Waals surface area contributed by atoms with E-state index in [0.717, 1.165) is 0 Å². The Morgan fingerprint density at radius 1 is 1.60 bits per heavy atom. The van der Waals surface area contributed by atoms with Gasteiger partial charge < -0.3 is 20.5 Å². The highest BCUT2D eigenvalue weighted by Crippen LogP contribution is 2.26. The van der Waals surface area contributed by atoms with E-state index in [1.165, 1.54) is 25.3 Å².